The molecule has 126 valence electrons. The summed E-state index contributed by atoms with van der Waals surface area (Å²) in [7, 11) is 0. The van der Waals surface area contributed by atoms with E-state index in [1.165, 1.54) is 56.9 Å². The average molecular weight is 312 g/mol. The van der Waals surface area contributed by atoms with Gasteiger partial charge in [-0.05, 0) is 86.5 Å². The van der Waals surface area contributed by atoms with E-state index in [2.05, 4.69) is 19.9 Å². The van der Waals surface area contributed by atoms with Crippen LogP contribution < -0.4 is 0 Å². The van der Waals surface area contributed by atoms with E-state index in [4.69, 9.17) is 0 Å². The van der Waals surface area contributed by atoms with Crippen LogP contribution in [0.1, 0.15) is 78.1 Å². The van der Waals surface area contributed by atoms with Gasteiger partial charge in [-0.25, -0.2) is 0 Å². The summed E-state index contributed by atoms with van der Waals surface area (Å²) >= 11 is 0. The van der Waals surface area contributed by atoms with E-state index in [1.807, 2.05) is 6.08 Å². The Morgan fingerprint density at radius 3 is 2.83 bits per heavy atom. The quantitative estimate of drug-likeness (QED) is 0.584. The van der Waals surface area contributed by atoms with Gasteiger partial charge in [0.25, 0.3) is 0 Å². The molecule has 0 bridgehead atoms. The molecule has 0 heterocycles. The first-order chi connectivity index (χ1) is 11.1. The molecule has 1 nitrogen and oxygen atoms in total. The van der Waals surface area contributed by atoms with Crippen molar-refractivity contribution in [2.45, 2.75) is 78.1 Å². The van der Waals surface area contributed by atoms with Crippen molar-refractivity contribution in [1.82, 2.24) is 0 Å². The minimum absolute atomic E-state index is 0.390. The molecule has 0 unspecified atom stereocenters. The van der Waals surface area contributed by atoms with Gasteiger partial charge in [0.2, 0.25) is 0 Å². The van der Waals surface area contributed by atoms with Crippen LogP contribution >= 0.6 is 0 Å². The molecule has 0 aromatic carbocycles. The number of hydrogen-bond donors (Lipinski definition) is 0. The van der Waals surface area contributed by atoms with E-state index in [0.717, 1.165) is 36.5 Å². The Hall–Kier alpha value is -0.850. The Bertz CT molecular complexity index is 554. The highest BCUT2D eigenvalue weighted by molar-refractivity contribution is 5.91. The number of fused-ring (bicyclic) bond motifs is 5. The second-order valence-corrected chi connectivity index (χ2v) is 8.82. The summed E-state index contributed by atoms with van der Waals surface area (Å²) < 4.78 is 0. The van der Waals surface area contributed by atoms with Crippen LogP contribution in [-0.4, -0.2) is 5.78 Å². The van der Waals surface area contributed by atoms with E-state index >= 15 is 0 Å². The smallest absolute Gasteiger partial charge is 0.155 e. The SMILES string of the molecule is CCCC=C1CC[C@H]2[C@@H]3CCC4=CC(=O)CC[C@@H]4[C@H]3CC[C@]12C. The van der Waals surface area contributed by atoms with Crippen molar-refractivity contribution in [1.29, 1.82) is 0 Å². The van der Waals surface area contributed by atoms with E-state index in [9.17, 15) is 4.79 Å². The van der Waals surface area contributed by atoms with Gasteiger partial charge < -0.3 is 0 Å². The maximum Gasteiger partial charge on any atom is 0.155 e. The molecule has 4 rings (SSSR count). The van der Waals surface area contributed by atoms with Crippen LogP contribution in [0.2, 0.25) is 0 Å². The number of carbonyl (C=O) groups excluding carboxylic acids is 1. The third-order valence-corrected chi connectivity index (χ3v) is 7.83. The molecule has 0 aromatic heterocycles. The van der Waals surface area contributed by atoms with Crippen LogP contribution in [0.5, 0.6) is 0 Å². The molecule has 0 N–H and O–H groups in total. The van der Waals surface area contributed by atoms with Crippen molar-refractivity contribution in [2.75, 3.05) is 0 Å². The number of ketones is 1. The molecule has 3 saturated carbocycles. The van der Waals surface area contributed by atoms with Crippen LogP contribution in [0.4, 0.5) is 0 Å². The molecule has 3 fully saturated rings. The van der Waals surface area contributed by atoms with Crippen LogP contribution in [0.25, 0.3) is 0 Å². The Labute approximate surface area is 141 Å². The van der Waals surface area contributed by atoms with Gasteiger partial charge >= 0.3 is 0 Å². The molecule has 0 aromatic rings. The summed E-state index contributed by atoms with van der Waals surface area (Å²) in [4.78, 5) is 11.8. The van der Waals surface area contributed by atoms with Gasteiger partial charge in [-0.2, -0.15) is 0 Å². The molecule has 0 aliphatic heterocycles. The van der Waals surface area contributed by atoms with Crippen molar-refractivity contribution in [3.05, 3.63) is 23.3 Å². The maximum atomic E-state index is 11.8. The summed E-state index contributed by atoms with van der Waals surface area (Å²) in [6, 6.07) is 0. The maximum absolute atomic E-state index is 11.8. The zero-order valence-electron chi connectivity index (χ0n) is 14.9. The van der Waals surface area contributed by atoms with Crippen LogP contribution in [0.3, 0.4) is 0 Å². The first kappa shape index (κ1) is 15.7. The fraction of sp³-hybridized carbons (Fsp3) is 0.773. The Kier molecular flexibility index (Phi) is 4.02. The lowest BCUT2D eigenvalue weighted by atomic mass is 9.52. The highest BCUT2D eigenvalue weighted by Gasteiger charge is 2.54. The third kappa shape index (κ3) is 2.46. The normalized spacial score (nSPS) is 44.5. The lowest BCUT2D eigenvalue weighted by Crippen LogP contribution is -2.45. The van der Waals surface area contributed by atoms with Gasteiger partial charge in [0, 0.05) is 6.42 Å². The summed E-state index contributed by atoms with van der Waals surface area (Å²) in [6.45, 7) is 4.88. The van der Waals surface area contributed by atoms with Crippen LogP contribution in [-0.2, 0) is 4.79 Å². The second kappa shape index (κ2) is 5.90. The number of unbranched alkanes of at least 4 members (excludes halogenated alkanes) is 1. The van der Waals surface area contributed by atoms with Gasteiger partial charge in [0.05, 0.1) is 0 Å². The number of allylic oxidation sites excluding steroid dienone is 3. The summed E-state index contributed by atoms with van der Waals surface area (Å²) in [5.41, 5.74) is 3.82. The first-order valence-electron chi connectivity index (χ1n) is 10.1. The predicted molar refractivity (Wildman–Crippen MR) is 95.1 cm³/mol. The minimum atomic E-state index is 0.390. The molecule has 0 saturated heterocycles. The topological polar surface area (TPSA) is 17.1 Å². The fourth-order valence-electron chi connectivity index (χ4n) is 6.68. The first-order valence-corrected chi connectivity index (χ1v) is 10.1. The highest BCUT2D eigenvalue weighted by atomic mass is 16.1. The molecule has 0 spiro atoms. The second-order valence-electron chi connectivity index (χ2n) is 8.82. The molecule has 1 heteroatoms. The number of rotatable bonds is 2. The third-order valence-electron chi connectivity index (χ3n) is 7.83. The Morgan fingerprint density at radius 2 is 2.00 bits per heavy atom. The lowest BCUT2D eigenvalue weighted by molar-refractivity contribution is -0.115. The summed E-state index contributed by atoms with van der Waals surface area (Å²) in [5.74, 6) is 3.87. The van der Waals surface area contributed by atoms with Crippen LogP contribution in [0.15, 0.2) is 23.3 Å². The average Bonchev–Trinajstić information content (AvgIpc) is 2.89. The van der Waals surface area contributed by atoms with Gasteiger partial charge in [-0.1, -0.05) is 37.5 Å². The molecule has 0 amide bonds. The van der Waals surface area contributed by atoms with Gasteiger partial charge in [-0.3, -0.25) is 4.79 Å². The van der Waals surface area contributed by atoms with Crippen molar-refractivity contribution >= 4 is 5.78 Å². The van der Waals surface area contributed by atoms with Crippen molar-refractivity contribution < 1.29 is 4.79 Å². The fourth-order valence-corrected chi connectivity index (χ4v) is 6.68. The Morgan fingerprint density at radius 1 is 1.13 bits per heavy atom. The zero-order chi connectivity index (χ0) is 16.0. The van der Waals surface area contributed by atoms with Crippen molar-refractivity contribution in [3.63, 3.8) is 0 Å². The monoisotopic (exact) mass is 312 g/mol. The molecule has 0 radical (unpaired) electrons. The van der Waals surface area contributed by atoms with E-state index in [-0.39, 0.29) is 0 Å². The lowest BCUT2D eigenvalue weighted by Gasteiger charge is -2.53. The van der Waals surface area contributed by atoms with Crippen molar-refractivity contribution in [2.24, 2.45) is 29.1 Å². The summed E-state index contributed by atoms with van der Waals surface area (Å²) in [5, 5.41) is 0. The van der Waals surface area contributed by atoms with Gasteiger partial charge in [-0.15, -0.1) is 0 Å². The molecule has 4 aliphatic rings. The van der Waals surface area contributed by atoms with Gasteiger partial charge in [0.15, 0.2) is 5.78 Å². The van der Waals surface area contributed by atoms with Crippen molar-refractivity contribution in [3.8, 4) is 0 Å². The standard InChI is InChI=1S/C22H32O/c1-3-4-5-16-7-11-21-20-9-6-15-14-17(23)8-10-18(15)19(20)12-13-22(16,21)2/h5,14,18-21H,3-4,6-13H2,1-2H3/t18-,19+,20+,21-,22+/m0/s1. The van der Waals surface area contributed by atoms with E-state index in [0.29, 0.717) is 11.2 Å². The predicted octanol–water partition coefficient (Wildman–Crippen LogP) is 5.85. The summed E-state index contributed by atoms with van der Waals surface area (Å²) in [6.07, 6.45) is 17.3. The molecular formula is C22H32O. The Balaban J connectivity index is 1.59. The minimum Gasteiger partial charge on any atom is -0.295 e. The van der Waals surface area contributed by atoms with E-state index < -0.39 is 0 Å². The zero-order valence-corrected chi connectivity index (χ0v) is 14.9. The molecule has 4 aliphatic carbocycles. The van der Waals surface area contributed by atoms with Crippen LogP contribution in [0, 0.1) is 29.1 Å². The van der Waals surface area contributed by atoms with Gasteiger partial charge in [0.1, 0.15) is 0 Å². The molecule has 5 atom stereocenters. The molecular weight excluding hydrogens is 280 g/mol. The molecule has 23 heavy (non-hydrogen) atoms. The largest absolute Gasteiger partial charge is 0.295 e. The number of carbonyl (C=O) groups is 1. The van der Waals surface area contributed by atoms with E-state index in [1.54, 1.807) is 5.57 Å². The number of hydrogen-bond acceptors (Lipinski definition) is 1. The highest BCUT2D eigenvalue weighted by Crippen LogP contribution is 2.63.